The van der Waals surface area contributed by atoms with Gasteiger partial charge < -0.3 is 5.11 Å². The second-order valence-corrected chi connectivity index (χ2v) is 6.64. The molecule has 1 amide bonds. The maximum atomic E-state index is 12.6. The summed E-state index contributed by atoms with van der Waals surface area (Å²) in [5, 5.41) is 10.1. The van der Waals surface area contributed by atoms with E-state index in [0.29, 0.717) is 19.9 Å². The monoisotopic (exact) mass is 347 g/mol. The number of halogens is 1. The van der Waals surface area contributed by atoms with Crippen LogP contribution in [-0.4, -0.2) is 15.3 Å². The average Bonchev–Trinajstić information content (AvgIpc) is 2.76. The molecule has 1 saturated heterocycles. The van der Waals surface area contributed by atoms with Crippen LogP contribution in [0.2, 0.25) is 5.02 Å². The highest BCUT2D eigenvalue weighted by atomic mass is 35.5. The van der Waals surface area contributed by atoms with E-state index in [-0.39, 0.29) is 11.7 Å². The minimum Gasteiger partial charge on any atom is -0.508 e. The standard InChI is InChI=1S/C16H10ClNO2S2/c17-13-7-2-1-4-10(13)8-14-15(20)18(16(21)22-14)11-5-3-6-12(19)9-11/h1-9,19H/b14-8-. The summed E-state index contributed by atoms with van der Waals surface area (Å²) in [4.78, 5) is 14.5. The van der Waals surface area contributed by atoms with Crippen molar-refractivity contribution in [1.29, 1.82) is 0 Å². The number of anilines is 1. The Hall–Kier alpha value is -1.82. The van der Waals surface area contributed by atoms with Crippen LogP contribution in [0.5, 0.6) is 5.75 Å². The molecule has 6 heteroatoms. The number of phenolic OH excluding ortho intramolecular Hbond substituents is 1. The molecule has 22 heavy (non-hydrogen) atoms. The van der Waals surface area contributed by atoms with Gasteiger partial charge in [-0.05, 0) is 29.8 Å². The normalized spacial score (nSPS) is 16.6. The molecule has 1 heterocycles. The molecule has 0 saturated carbocycles. The van der Waals surface area contributed by atoms with Crippen molar-refractivity contribution in [3.63, 3.8) is 0 Å². The number of thiocarbonyl (C=S) groups is 1. The largest absolute Gasteiger partial charge is 0.508 e. The van der Waals surface area contributed by atoms with Crippen LogP contribution in [0, 0.1) is 0 Å². The van der Waals surface area contributed by atoms with Gasteiger partial charge in [0, 0.05) is 11.1 Å². The molecule has 0 aliphatic carbocycles. The molecule has 1 fully saturated rings. The second kappa shape index (κ2) is 6.12. The molecular weight excluding hydrogens is 338 g/mol. The lowest BCUT2D eigenvalue weighted by molar-refractivity contribution is -0.113. The highest BCUT2D eigenvalue weighted by Gasteiger charge is 2.33. The van der Waals surface area contributed by atoms with Gasteiger partial charge in [-0.25, -0.2) is 0 Å². The van der Waals surface area contributed by atoms with Gasteiger partial charge >= 0.3 is 0 Å². The number of aromatic hydroxyl groups is 1. The van der Waals surface area contributed by atoms with Gasteiger partial charge in [-0.2, -0.15) is 0 Å². The van der Waals surface area contributed by atoms with E-state index in [9.17, 15) is 9.90 Å². The van der Waals surface area contributed by atoms with Gasteiger partial charge in [0.15, 0.2) is 4.32 Å². The van der Waals surface area contributed by atoms with Crippen molar-refractivity contribution in [3.05, 3.63) is 64.0 Å². The number of carbonyl (C=O) groups is 1. The Labute approximate surface area is 142 Å². The van der Waals surface area contributed by atoms with Crippen LogP contribution in [0.25, 0.3) is 6.08 Å². The summed E-state index contributed by atoms with van der Waals surface area (Å²) >= 11 is 12.6. The predicted octanol–water partition coefficient (Wildman–Crippen LogP) is 4.45. The third-order valence-electron chi connectivity index (χ3n) is 3.07. The molecule has 0 unspecified atom stereocenters. The van der Waals surface area contributed by atoms with Crippen molar-refractivity contribution in [2.45, 2.75) is 0 Å². The Bertz CT molecular complexity index is 804. The zero-order chi connectivity index (χ0) is 15.7. The van der Waals surface area contributed by atoms with Crippen molar-refractivity contribution < 1.29 is 9.90 Å². The van der Waals surface area contributed by atoms with Crippen LogP contribution < -0.4 is 4.90 Å². The fourth-order valence-electron chi connectivity index (χ4n) is 2.06. The number of hydrogen-bond donors (Lipinski definition) is 1. The van der Waals surface area contributed by atoms with Crippen molar-refractivity contribution in [1.82, 2.24) is 0 Å². The molecule has 1 N–H and O–H groups in total. The maximum Gasteiger partial charge on any atom is 0.270 e. The maximum absolute atomic E-state index is 12.6. The van der Waals surface area contributed by atoms with Crippen molar-refractivity contribution >= 4 is 57.6 Å². The SMILES string of the molecule is O=C1/C(=C/c2ccccc2Cl)SC(=S)N1c1cccc(O)c1. The molecule has 3 nitrogen and oxygen atoms in total. The summed E-state index contributed by atoms with van der Waals surface area (Å²) in [5.74, 6) is -0.137. The van der Waals surface area contributed by atoms with E-state index in [1.807, 2.05) is 18.2 Å². The fourth-order valence-corrected chi connectivity index (χ4v) is 3.54. The number of amides is 1. The lowest BCUT2D eigenvalue weighted by atomic mass is 10.2. The van der Waals surface area contributed by atoms with Gasteiger partial charge in [0.25, 0.3) is 5.91 Å². The summed E-state index contributed by atoms with van der Waals surface area (Å²) in [6.45, 7) is 0. The first kappa shape index (κ1) is 15.1. The smallest absolute Gasteiger partial charge is 0.270 e. The van der Waals surface area contributed by atoms with E-state index < -0.39 is 0 Å². The Kier molecular flexibility index (Phi) is 4.20. The van der Waals surface area contributed by atoms with E-state index in [0.717, 1.165) is 5.56 Å². The molecule has 1 aliphatic heterocycles. The lowest BCUT2D eigenvalue weighted by Crippen LogP contribution is -2.27. The molecule has 110 valence electrons. The molecule has 1 aliphatic rings. The first-order valence-electron chi connectivity index (χ1n) is 6.38. The van der Waals surface area contributed by atoms with Crippen LogP contribution in [0.3, 0.4) is 0 Å². The second-order valence-electron chi connectivity index (χ2n) is 4.56. The van der Waals surface area contributed by atoms with Crippen molar-refractivity contribution in [2.24, 2.45) is 0 Å². The Morgan fingerprint density at radius 1 is 1.18 bits per heavy atom. The third kappa shape index (κ3) is 2.88. The number of hydrogen-bond acceptors (Lipinski definition) is 4. The zero-order valence-electron chi connectivity index (χ0n) is 11.2. The number of nitrogens with zero attached hydrogens (tertiary/aromatic N) is 1. The molecule has 0 bridgehead atoms. The van der Waals surface area contributed by atoms with E-state index >= 15 is 0 Å². The topological polar surface area (TPSA) is 40.5 Å². The van der Waals surface area contributed by atoms with E-state index in [1.54, 1.807) is 30.3 Å². The van der Waals surface area contributed by atoms with Crippen LogP contribution in [-0.2, 0) is 4.79 Å². The Morgan fingerprint density at radius 3 is 2.68 bits per heavy atom. The number of benzene rings is 2. The molecule has 2 aromatic rings. The predicted molar refractivity (Wildman–Crippen MR) is 95.2 cm³/mol. The lowest BCUT2D eigenvalue weighted by Gasteiger charge is -2.14. The highest BCUT2D eigenvalue weighted by molar-refractivity contribution is 8.27. The van der Waals surface area contributed by atoms with E-state index in [4.69, 9.17) is 23.8 Å². The molecule has 0 atom stereocenters. The summed E-state index contributed by atoms with van der Waals surface area (Å²) in [5.41, 5.74) is 1.31. The van der Waals surface area contributed by atoms with Gasteiger partial charge in [0.05, 0.1) is 10.6 Å². The average molecular weight is 348 g/mol. The summed E-state index contributed by atoms with van der Waals surface area (Å²) in [6, 6.07) is 13.7. The fraction of sp³-hybridized carbons (Fsp3) is 0. The zero-order valence-corrected chi connectivity index (χ0v) is 13.6. The van der Waals surface area contributed by atoms with Crippen LogP contribution >= 0.6 is 35.6 Å². The number of carbonyl (C=O) groups excluding carboxylic acids is 1. The summed E-state index contributed by atoms with van der Waals surface area (Å²) in [7, 11) is 0. The first-order chi connectivity index (χ1) is 10.6. The molecule has 0 aromatic heterocycles. The molecule has 3 rings (SSSR count). The minimum atomic E-state index is -0.222. The highest BCUT2D eigenvalue weighted by Crippen LogP contribution is 2.37. The Balaban J connectivity index is 1.97. The Morgan fingerprint density at radius 2 is 1.95 bits per heavy atom. The van der Waals surface area contributed by atoms with Crippen LogP contribution in [0.4, 0.5) is 5.69 Å². The van der Waals surface area contributed by atoms with Gasteiger partial charge in [-0.15, -0.1) is 0 Å². The van der Waals surface area contributed by atoms with Crippen molar-refractivity contribution in [3.8, 4) is 5.75 Å². The van der Waals surface area contributed by atoms with Crippen LogP contribution in [0.1, 0.15) is 5.56 Å². The molecule has 0 spiro atoms. The molecular formula is C16H10ClNO2S2. The van der Waals surface area contributed by atoms with Gasteiger partial charge in [-0.3, -0.25) is 9.69 Å². The molecule has 2 aromatic carbocycles. The van der Waals surface area contributed by atoms with Gasteiger partial charge in [0.1, 0.15) is 5.75 Å². The molecule has 0 radical (unpaired) electrons. The number of phenols is 1. The van der Waals surface area contributed by atoms with Crippen LogP contribution in [0.15, 0.2) is 53.4 Å². The summed E-state index contributed by atoms with van der Waals surface area (Å²) in [6.07, 6.45) is 1.73. The van der Waals surface area contributed by atoms with Gasteiger partial charge in [-0.1, -0.05) is 59.8 Å². The van der Waals surface area contributed by atoms with Gasteiger partial charge in [0.2, 0.25) is 0 Å². The quantitative estimate of drug-likeness (QED) is 0.643. The third-order valence-corrected chi connectivity index (χ3v) is 4.72. The van der Waals surface area contributed by atoms with E-state index in [1.165, 1.54) is 22.7 Å². The number of rotatable bonds is 2. The van der Waals surface area contributed by atoms with Crippen molar-refractivity contribution in [2.75, 3.05) is 4.90 Å². The first-order valence-corrected chi connectivity index (χ1v) is 7.98. The summed E-state index contributed by atoms with van der Waals surface area (Å²) < 4.78 is 0.425. The minimum absolute atomic E-state index is 0.0848. The van der Waals surface area contributed by atoms with E-state index in [2.05, 4.69) is 0 Å². The number of thioether (sulfide) groups is 1.